The number of carbonyl (C=O) groups excluding carboxylic acids is 2. The standard InChI is InChI=1S/C20H17F3N6O2/c1-25-19(31)16-17(24)27-10-14(29-16)12-3-2-4-13(7-12)18(30)28-9-11-5-6-15(26-8-11)20(21,22)23/h2-8,10H,9H2,1H3,(H2,24,27)(H,25,31)(H,28,30). The number of hydrogen-bond acceptors (Lipinski definition) is 6. The van der Waals surface area contributed by atoms with Crippen LogP contribution in [-0.4, -0.2) is 33.8 Å². The van der Waals surface area contributed by atoms with Crippen LogP contribution in [0.5, 0.6) is 0 Å². The first kappa shape index (κ1) is 21.7. The van der Waals surface area contributed by atoms with Gasteiger partial charge in [0.1, 0.15) is 5.69 Å². The summed E-state index contributed by atoms with van der Waals surface area (Å²) in [6.07, 6.45) is -2.08. The molecule has 11 heteroatoms. The number of nitrogens with zero attached hydrogens (tertiary/aromatic N) is 3. The maximum atomic E-state index is 12.6. The van der Waals surface area contributed by atoms with Gasteiger partial charge in [-0.1, -0.05) is 18.2 Å². The van der Waals surface area contributed by atoms with Crippen LogP contribution < -0.4 is 16.4 Å². The lowest BCUT2D eigenvalue weighted by molar-refractivity contribution is -0.141. The highest BCUT2D eigenvalue weighted by Crippen LogP contribution is 2.27. The van der Waals surface area contributed by atoms with E-state index in [2.05, 4.69) is 25.6 Å². The molecule has 0 fully saturated rings. The molecule has 0 aliphatic carbocycles. The van der Waals surface area contributed by atoms with Gasteiger partial charge in [0, 0.05) is 30.9 Å². The molecule has 4 N–H and O–H groups in total. The van der Waals surface area contributed by atoms with Crippen LogP contribution in [0.2, 0.25) is 0 Å². The number of benzene rings is 1. The third-order valence-electron chi connectivity index (χ3n) is 4.23. The minimum Gasteiger partial charge on any atom is -0.382 e. The van der Waals surface area contributed by atoms with Crippen LogP contribution in [0.25, 0.3) is 11.3 Å². The Morgan fingerprint density at radius 3 is 2.48 bits per heavy atom. The number of nitrogens with two attached hydrogens (primary N) is 1. The largest absolute Gasteiger partial charge is 0.433 e. The fraction of sp³-hybridized carbons (Fsp3) is 0.150. The zero-order chi connectivity index (χ0) is 22.6. The molecule has 31 heavy (non-hydrogen) atoms. The molecule has 2 amide bonds. The van der Waals surface area contributed by atoms with Crippen LogP contribution >= 0.6 is 0 Å². The van der Waals surface area contributed by atoms with Gasteiger partial charge in [-0.3, -0.25) is 14.6 Å². The topological polar surface area (TPSA) is 123 Å². The summed E-state index contributed by atoms with van der Waals surface area (Å²) in [6.45, 7) is -0.00328. The average molecular weight is 430 g/mol. The molecule has 0 saturated heterocycles. The van der Waals surface area contributed by atoms with Crippen molar-refractivity contribution in [2.75, 3.05) is 12.8 Å². The lowest BCUT2D eigenvalue weighted by Crippen LogP contribution is -2.23. The summed E-state index contributed by atoms with van der Waals surface area (Å²) in [6, 6.07) is 8.52. The Balaban J connectivity index is 1.74. The lowest BCUT2D eigenvalue weighted by atomic mass is 10.1. The molecule has 0 atom stereocenters. The van der Waals surface area contributed by atoms with Crippen LogP contribution in [0.15, 0.2) is 48.8 Å². The summed E-state index contributed by atoms with van der Waals surface area (Å²) < 4.78 is 37.7. The van der Waals surface area contributed by atoms with Gasteiger partial charge in [0.2, 0.25) is 0 Å². The predicted molar refractivity (Wildman–Crippen MR) is 106 cm³/mol. The van der Waals surface area contributed by atoms with E-state index in [1.807, 2.05) is 0 Å². The van der Waals surface area contributed by atoms with Crippen LogP contribution in [0.3, 0.4) is 0 Å². The molecule has 2 aromatic heterocycles. The van der Waals surface area contributed by atoms with Crippen molar-refractivity contribution >= 4 is 17.6 Å². The van der Waals surface area contributed by atoms with E-state index >= 15 is 0 Å². The highest BCUT2D eigenvalue weighted by atomic mass is 19.4. The maximum Gasteiger partial charge on any atom is 0.433 e. The summed E-state index contributed by atoms with van der Waals surface area (Å²) in [7, 11) is 1.44. The number of hydrogen-bond donors (Lipinski definition) is 3. The SMILES string of the molecule is CNC(=O)c1nc(-c2cccc(C(=O)NCc3ccc(C(F)(F)F)nc3)c2)cnc1N. The third kappa shape index (κ3) is 5.13. The highest BCUT2D eigenvalue weighted by Gasteiger charge is 2.32. The second kappa shape index (κ2) is 8.78. The monoisotopic (exact) mass is 430 g/mol. The van der Waals surface area contributed by atoms with Gasteiger partial charge in [0.15, 0.2) is 11.5 Å². The van der Waals surface area contributed by atoms with Gasteiger partial charge >= 0.3 is 6.18 Å². The molecule has 8 nitrogen and oxygen atoms in total. The van der Waals surface area contributed by atoms with Gasteiger partial charge in [-0.15, -0.1) is 0 Å². The molecule has 0 saturated carbocycles. The normalized spacial score (nSPS) is 11.1. The molecule has 3 aromatic rings. The van der Waals surface area contributed by atoms with Gasteiger partial charge in [-0.2, -0.15) is 13.2 Å². The Morgan fingerprint density at radius 2 is 1.84 bits per heavy atom. The van der Waals surface area contributed by atoms with E-state index in [1.54, 1.807) is 24.3 Å². The van der Waals surface area contributed by atoms with E-state index < -0.39 is 23.7 Å². The summed E-state index contributed by atoms with van der Waals surface area (Å²) in [5.41, 5.74) is 6.22. The number of anilines is 1. The highest BCUT2D eigenvalue weighted by molar-refractivity contribution is 5.97. The minimum atomic E-state index is -4.52. The van der Waals surface area contributed by atoms with Gasteiger partial charge in [-0.05, 0) is 23.8 Å². The number of amides is 2. The molecule has 0 unspecified atom stereocenters. The number of alkyl halides is 3. The van der Waals surface area contributed by atoms with Crippen molar-refractivity contribution in [1.29, 1.82) is 0 Å². The Morgan fingerprint density at radius 1 is 1.06 bits per heavy atom. The van der Waals surface area contributed by atoms with Crippen molar-refractivity contribution in [1.82, 2.24) is 25.6 Å². The Kier molecular flexibility index (Phi) is 6.14. The lowest BCUT2D eigenvalue weighted by Gasteiger charge is -2.09. The molecule has 0 bridgehead atoms. The molecular formula is C20H17F3N6O2. The summed E-state index contributed by atoms with van der Waals surface area (Å²) in [5.74, 6) is -0.968. The van der Waals surface area contributed by atoms with Gasteiger partial charge in [0.05, 0.1) is 11.9 Å². The predicted octanol–water partition coefficient (Wildman–Crippen LogP) is 2.43. The maximum absolute atomic E-state index is 12.6. The van der Waals surface area contributed by atoms with Crippen LogP contribution in [-0.2, 0) is 12.7 Å². The summed E-state index contributed by atoms with van der Waals surface area (Å²) in [5, 5.41) is 5.04. The number of pyridine rings is 1. The van der Waals surface area contributed by atoms with Crippen molar-refractivity contribution in [3.8, 4) is 11.3 Å². The van der Waals surface area contributed by atoms with Crippen molar-refractivity contribution in [3.63, 3.8) is 0 Å². The fourth-order valence-electron chi connectivity index (χ4n) is 2.62. The first-order valence-electron chi connectivity index (χ1n) is 8.94. The molecular weight excluding hydrogens is 413 g/mol. The van der Waals surface area contributed by atoms with E-state index in [0.717, 1.165) is 12.3 Å². The molecule has 160 valence electrons. The third-order valence-corrected chi connectivity index (χ3v) is 4.23. The molecule has 0 aliphatic heterocycles. The Labute approximate surface area is 174 Å². The second-order valence-electron chi connectivity index (χ2n) is 6.38. The van der Waals surface area contributed by atoms with Crippen LogP contribution in [0.4, 0.5) is 19.0 Å². The number of halogens is 3. The first-order chi connectivity index (χ1) is 14.7. The van der Waals surface area contributed by atoms with Gasteiger partial charge < -0.3 is 16.4 Å². The number of rotatable bonds is 5. The number of carbonyl (C=O) groups is 2. The summed E-state index contributed by atoms with van der Waals surface area (Å²) in [4.78, 5) is 35.9. The van der Waals surface area contributed by atoms with Crippen molar-refractivity contribution in [2.45, 2.75) is 12.7 Å². The van der Waals surface area contributed by atoms with Crippen LogP contribution in [0.1, 0.15) is 32.1 Å². The quantitative estimate of drug-likeness (QED) is 0.571. The molecule has 0 spiro atoms. The number of nitrogens with one attached hydrogen (secondary N) is 2. The first-order valence-corrected chi connectivity index (χ1v) is 8.94. The second-order valence-corrected chi connectivity index (χ2v) is 6.38. The van der Waals surface area contributed by atoms with E-state index in [4.69, 9.17) is 5.73 Å². The van der Waals surface area contributed by atoms with Gasteiger partial charge in [-0.25, -0.2) is 9.97 Å². The summed E-state index contributed by atoms with van der Waals surface area (Å²) >= 11 is 0. The van der Waals surface area contributed by atoms with E-state index in [-0.39, 0.29) is 23.6 Å². The van der Waals surface area contributed by atoms with Crippen molar-refractivity contribution < 1.29 is 22.8 Å². The van der Waals surface area contributed by atoms with Crippen LogP contribution in [0, 0.1) is 0 Å². The van der Waals surface area contributed by atoms with E-state index in [1.165, 1.54) is 19.3 Å². The number of aromatic nitrogens is 3. The zero-order valence-corrected chi connectivity index (χ0v) is 16.2. The Bertz CT molecular complexity index is 1120. The minimum absolute atomic E-state index is 0.00328. The molecule has 0 radical (unpaired) electrons. The fourth-order valence-corrected chi connectivity index (χ4v) is 2.62. The molecule has 3 rings (SSSR count). The Hall–Kier alpha value is -4.02. The van der Waals surface area contributed by atoms with Gasteiger partial charge in [0.25, 0.3) is 11.8 Å². The smallest absolute Gasteiger partial charge is 0.382 e. The van der Waals surface area contributed by atoms with Crippen molar-refractivity contribution in [3.05, 3.63) is 71.3 Å². The molecule has 1 aromatic carbocycles. The molecule has 0 aliphatic rings. The van der Waals surface area contributed by atoms with Crippen molar-refractivity contribution in [2.24, 2.45) is 0 Å². The van der Waals surface area contributed by atoms with E-state index in [9.17, 15) is 22.8 Å². The zero-order valence-electron chi connectivity index (χ0n) is 16.2. The number of nitrogen functional groups attached to an aromatic ring is 1. The molecule has 2 heterocycles. The van der Waals surface area contributed by atoms with E-state index in [0.29, 0.717) is 16.8 Å². The average Bonchev–Trinajstić information content (AvgIpc) is 2.77.